The van der Waals surface area contributed by atoms with Gasteiger partial charge in [-0.05, 0) is 72.9 Å². The molecular weight excluding hydrogens is 553 g/mol. The van der Waals surface area contributed by atoms with E-state index in [1.165, 1.54) is 18.2 Å². The summed E-state index contributed by atoms with van der Waals surface area (Å²) in [5, 5.41) is 16.2. The number of rotatable bonds is 7. The number of aryl methyl sites for hydroxylation is 2. The third kappa shape index (κ3) is 5.42. The van der Waals surface area contributed by atoms with Gasteiger partial charge >= 0.3 is 12.0 Å². The van der Waals surface area contributed by atoms with E-state index in [1.54, 1.807) is 27.9 Å². The van der Waals surface area contributed by atoms with Crippen molar-refractivity contribution in [2.24, 2.45) is 7.05 Å². The summed E-state index contributed by atoms with van der Waals surface area (Å²) in [6.45, 7) is -0.248. The van der Waals surface area contributed by atoms with Crippen molar-refractivity contribution in [3.8, 4) is 11.1 Å². The molecule has 1 saturated heterocycles. The molecule has 2 aliphatic carbocycles. The molecule has 2 fully saturated rings. The second-order valence-corrected chi connectivity index (χ2v) is 11.5. The molecule has 1 saturated carbocycles. The first kappa shape index (κ1) is 28.3. The van der Waals surface area contributed by atoms with Crippen LogP contribution in [0.15, 0.2) is 66.5 Å². The Labute approximate surface area is 247 Å². The van der Waals surface area contributed by atoms with Crippen molar-refractivity contribution in [2.45, 2.75) is 56.7 Å². The molecule has 3 aliphatic rings. The number of halogens is 1. The fourth-order valence-corrected chi connectivity index (χ4v) is 6.58. The minimum Gasteiger partial charge on any atom is -0.478 e. The predicted molar refractivity (Wildman–Crippen MR) is 154 cm³/mol. The third-order valence-corrected chi connectivity index (χ3v) is 8.79. The van der Waals surface area contributed by atoms with E-state index in [9.17, 15) is 23.6 Å². The van der Waals surface area contributed by atoms with Gasteiger partial charge in [0.05, 0.1) is 6.20 Å². The monoisotopic (exact) mass is 585 g/mol. The molecule has 2 heterocycles. The van der Waals surface area contributed by atoms with Gasteiger partial charge < -0.3 is 15.3 Å². The van der Waals surface area contributed by atoms with Gasteiger partial charge in [-0.3, -0.25) is 19.2 Å². The zero-order valence-corrected chi connectivity index (χ0v) is 23.8. The second-order valence-electron chi connectivity index (χ2n) is 11.5. The van der Waals surface area contributed by atoms with E-state index in [0.29, 0.717) is 44.1 Å². The van der Waals surface area contributed by atoms with Crippen molar-refractivity contribution in [2.75, 3.05) is 6.54 Å². The highest BCUT2D eigenvalue weighted by Crippen LogP contribution is 2.43. The molecule has 0 radical (unpaired) electrons. The molecule has 1 unspecified atom stereocenters. The number of urea groups is 1. The number of carboxylic acid groups (broad SMARTS) is 1. The van der Waals surface area contributed by atoms with Crippen LogP contribution in [0.3, 0.4) is 0 Å². The number of nitrogens with one attached hydrogen (secondary N) is 1. The summed E-state index contributed by atoms with van der Waals surface area (Å²) in [5.41, 5.74) is 3.93. The molecule has 10 nitrogen and oxygen atoms in total. The van der Waals surface area contributed by atoms with Crippen LogP contribution in [-0.4, -0.2) is 61.1 Å². The van der Waals surface area contributed by atoms with Crippen molar-refractivity contribution >= 4 is 23.8 Å². The lowest BCUT2D eigenvalue weighted by atomic mass is 9.89. The van der Waals surface area contributed by atoms with Gasteiger partial charge in [0.2, 0.25) is 5.91 Å². The summed E-state index contributed by atoms with van der Waals surface area (Å²) in [4.78, 5) is 54.7. The fourth-order valence-electron chi connectivity index (χ4n) is 6.58. The number of hydrogen-bond donors (Lipinski definition) is 2. The smallest absolute Gasteiger partial charge is 0.328 e. The first-order valence-electron chi connectivity index (χ1n) is 14.4. The van der Waals surface area contributed by atoms with E-state index in [4.69, 9.17) is 5.11 Å². The molecule has 6 rings (SSSR count). The van der Waals surface area contributed by atoms with Gasteiger partial charge in [-0.15, -0.1) is 0 Å². The van der Waals surface area contributed by atoms with Crippen LogP contribution < -0.4 is 5.32 Å². The summed E-state index contributed by atoms with van der Waals surface area (Å²) < 4.78 is 15.3. The van der Waals surface area contributed by atoms with Crippen molar-refractivity contribution in [3.05, 3.63) is 89.0 Å². The van der Waals surface area contributed by atoms with Crippen LogP contribution in [0, 0.1) is 5.82 Å². The van der Waals surface area contributed by atoms with E-state index in [-0.39, 0.29) is 12.6 Å². The van der Waals surface area contributed by atoms with Gasteiger partial charge in [-0.2, -0.15) is 5.10 Å². The average molecular weight is 586 g/mol. The van der Waals surface area contributed by atoms with Crippen LogP contribution in [0.1, 0.15) is 48.8 Å². The molecule has 43 heavy (non-hydrogen) atoms. The van der Waals surface area contributed by atoms with Gasteiger partial charge in [-0.25, -0.2) is 14.0 Å². The number of aromatic nitrogens is 2. The summed E-state index contributed by atoms with van der Waals surface area (Å²) in [5.74, 6) is -2.24. The van der Waals surface area contributed by atoms with Crippen LogP contribution in [0.25, 0.3) is 11.1 Å². The molecule has 11 heteroatoms. The van der Waals surface area contributed by atoms with Crippen LogP contribution in [-0.2, 0) is 39.9 Å². The number of carboxylic acids is 1. The molecule has 2 aromatic carbocycles. The summed E-state index contributed by atoms with van der Waals surface area (Å²) in [7, 11) is 1.84. The summed E-state index contributed by atoms with van der Waals surface area (Å²) >= 11 is 0. The molecule has 0 bridgehead atoms. The standard InChI is InChI=1S/C32H32FN5O5/c1-36-18-24(16-34-36)22-6-11-27-23(15-22)12-13-32(27)30(42)38(31(43)35-32)19-28(39)37(17-21-2-7-25(33)8-3-21)26-9-4-20(5-10-26)14-29(40)41/h2-3,6-8,11,14-16,18,26H,4-5,9-10,12-13,17,19H2,1H3,(H,35,43)(H,40,41). The fraction of sp³-hybridized carbons (Fsp3) is 0.344. The van der Waals surface area contributed by atoms with Crippen molar-refractivity contribution in [1.29, 1.82) is 0 Å². The lowest BCUT2D eigenvalue weighted by Crippen LogP contribution is -2.48. The number of carbonyl (C=O) groups is 4. The number of hydrogen-bond acceptors (Lipinski definition) is 5. The van der Waals surface area contributed by atoms with E-state index >= 15 is 0 Å². The highest BCUT2D eigenvalue weighted by atomic mass is 19.1. The Bertz CT molecular complexity index is 1640. The van der Waals surface area contributed by atoms with Crippen molar-refractivity contribution in [3.63, 3.8) is 0 Å². The molecule has 2 N–H and O–H groups in total. The SMILES string of the molecule is Cn1cc(-c2ccc3c(c2)CCC32NC(=O)N(CC(=O)N(Cc3ccc(F)cc3)C3CCC(=CC(=O)O)CC3)C2=O)cn1. The quantitative estimate of drug-likeness (QED) is 0.320. The topological polar surface area (TPSA) is 125 Å². The van der Waals surface area contributed by atoms with Gasteiger partial charge in [0.15, 0.2) is 0 Å². The Kier molecular flexibility index (Phi) is 7.33. The lowest BCUT2D eigenvalue weighted by molar-refractivity contribution is -0.141. The number of fused-ring (bicyclic) bond motifs is 2. The Morgan fingerprint density at radius 3 is 2.53 bits per heavy atom. The predicted octanol–water partition coefficient (Wildman–Crippen LogP) is 3.90. The van der Waals surface area contributed by atoms with Gasteiger partial charge in [0, 0.05) is 37.5 Å². The molecule has 4 amide bonds. The van der Waals surface area contributed by atoms with Gasteiger partial charge in [-0.1, -0.05) is 35.9 Å². The van der Waals surface area contributed by atoms with E-state index < -0.39 is 41.7 Å². The Hall–Kier alpha value is -4.80. The molecule has 1 aromatic heterocycles. The molecular formula is C32H32FN5O5. The number of imide groups is 1. The van der Waals surface area contributed by atoms with Crippen molar-refractivity contribution < 1.29 is 28.7 Å². The molecule has 1 aliphatic heterocycles. The molecule has 222 valence electrons. The summed E-state index contributed by atoms with van der Waals surface area (Å²) in [6, 6.07) is 10.8. The number of amides is 4. The molecule has 1 atom stereocenters. The maximum absolute atomic E-state index is 13.9. The van der Waals surface area contributed by atoms with Crippen LogP contribution in [0.2, 0.25) is 0 Å². The first-order valence-corrected chi connectivity index (χ1v) is 14.4. The number of benzene rings is 2. The number of aliphatic carboxylic acids is 1. The van der Waals surface area contributed by atoms with Crippen molar-refractivity contribution in [1.82, 2.24) is 24.9 Å². The number of nitrogens with zero attached hydrogens (tertiary/aromatic N) is 4. The Morgan fingerprint density at radius 1 is 1.12 bits per heavy atom. The van der Waals surface area contributed by atoms with Crippen LogP contribution >= 0.6 is 0 Å². The third-order valence-electron chi connectivity index (χ3n) is 8.79. The van der Waals surface area contributed by atoms with E-state index in [0.717, 1.165) is 32.7 Å². The molecule has 1 spiro atoms. The minimum absolute atomic E-state index is 0.177. The minimum atomic E-state index is -1.22. The summed E-state index contributed by atoms with van der Waals surface area (Å²) in [6.07, 6.45) is 8.03. The van der Waals surface area contributed by atoms with Gasteiger partial charge in [0.1, 0.15) is 17.9 Å². The Balaban J connectivity index is 1.22. The second kappa shape index (κ2) is 11.1. The maximum Gasteiger partial charge on any atom is 0.328 e. The average Bonchev–Trinajstić information content (AvgIpc) is 3.65. The zero-order chi connectivity index (χ0) is 30.3. The van der Waals surface area contributed by atoms with Crippen LogP contribution in [0.5, 0.6) is 0 Å². The molecule has 3 aromatic rings. The highest BCUT2D eigenvalue weighted by molar-refractivity contribution is 6.10. The highest BCUT2D eigenvalue weighted by Gasteiger charge is 2.55. The normalized spacial score (nSPS) is 21.2. The largest absolute Gasteiger partial charge is 0.478 e. The lowest BCUT2D eigenvalue weighted by Gasteiger charge is -2.36. The Morgan fingerprint density at radius 2 is 1.86 bits per heavy atom. The van der Waals surface area contributed by atoms with E-state index in [1.807, 2.05) is 31.4 Å². The number of carbonyl (C=O) groups excluding carboxylic acids is 3. The first-order chi connectivity index (χ1) is 20.6. The van der Waals surface area contributed by atoms with Gasteiger partial charge in [0.25, 0.3) is 5.91 Å². The number of allylic oxidation sites excluding steroid dienone is 1. The zero-order valence-electron chi connectivity index (χ0n) is 23.8. The van der Waals surface area contributed by atoms with Crippen LogP contribution in [0.4, 0.5) is 9.18 Å². The van der Waals surface area contributed by atoms with E-state index in [2.05, 4.69) is 10.4 Å². The maximum atomic E-state index is 13.9.